The van der Waals surface area contributed by atoms with E-state index in [9.17, 15) is 18.5 Å². The molecule has 0 saturated heterocycles. The van der Waals surface area contributed by atoms with Gasteiger partial charge < -0.3 is 10.1 Å². The molecule has 0 radical (unpaired) electrons. The van der Waals surface area contributed by atoms with Gasteiger partial charge >= 0.3 is 0 Å². The van der Waals surface area contributed by atoms with Gasteiger partial charge in [0.15, 0.2) is 0 Å². The van der Waals surface area contributed by atoms with E-state index in [0.29, 0.717) is 18.0 Å². The lowest BCUT2D eigenvalue weighted by Crippen LogP contribution is -2.18. The van der Waals surface area contributed by atoms with E-state index in [1.165, 1.54) is 19.2 Å². The molecule has 0 aliphatic carbocycles. The van der Waals surface area contributed by atoms with Gasteiger partial charge in [0.1, 0.15) is 11.4 Å². The van der Waals surface area contributed by atoms with Crippen molar-refractivity contribution in [3.05, 3.63) is 52.6 Å². The van der Waals surface area contributed by atoms with Gasteiger partial charge in [0.2, 0.25) is 10.0 Å². The topological polar surface area (TPSA) is 111 Å². The molecule has 0 aliphatic rings. The van der Waals surface area contributed by atoms with E-state index in [0.717, 1.165) is 6.07 Å². The molecule has 0 aromatic heterocycles. The number of sulfonamides is 1. The van der Waals surface area contributed by atoms with Crippen LogP contribution in [-0.2, 0) is 10.0 Å². The molecule has 0 bridgehead atoms. The van der Waals surface area contributed by atoms with Gasteiger partial charge in [-0.05, 0) is 50.4 Å². The Hall–Kier alpha value is -2.65. The summed E-state index contributed by atoms with van der Waals surface area (Å²) in [7, 11) is -2.51. The first-order chi connectivity index (χ1) is 11.4. The predicted octanol–water partition coefficient (Wildman–Crippen LogP) is 2.65. The van der Waals surface area contributed by atoms with Crippen LogP contribution in [0.15, 0.2) is 47.4 Å². The van der Waals surface area contributed by atoms with Crippen molar-refractivity contribution in [2.75, 3.05) is 19.0 Å². The molecule has 2 aromatic rings. The Morgan fingerprint density at radius 1 is 1.17 bits per heavy atom. The summed E-state index contributed by atoms with van der Waals surface area (Å²) in [6.07, 6.45) is 0. The van der Waals surface area contributed by atoms with Crippen LogP contribution in [0.2, 0.25) is 0 Å². The Morgan fingerprint density at radius 3 is 2.38 bits per heavy atom. The normalized spacial score (nSPS) is 11.1. The zero-order valence-corrected chi connectivity index (χ0v) is 14.0. The summed E-state index contributed by atoms with van der Waals surface area (Å²) < 4.78 is 31.0. The van der Waals surface area contributed by atoms with E-state index in [4.69, 9.17) is 4.74 Å². The van der Waals surface area contributed by atoms with Crippen molar-refractivity contribution in [3.63, 3.8) is 0 Å². The van der Waals surface area contributed by atoms with Crippen molar-refractivity contribution in [3.8, 4) is 5.75 Å². The molecular formula is C15H17N3O5S. The van der Waals surface area contributed by atoms with Gasteiger partial charge in [-0.3, -0.25) is 10.1 Å². The lowest BCUT2D eigenvalue weighted by molar-refractivity contribution is -0.384. The highest BCUT2D eigenvalue weighted by molar-refractivity contribution is 7.89. The summed E-state index contributed by atoms with van der Waals surface area (Å²) in [6.45, 7) is 2.41. The van der Waals surface area contributed by atoms with Crippen molar-refractivity contribution in [2.24, 2.45) is 0 Å². The lowest BCUT2D eigenvalue weighted by atomic mass is 10.2. The first kappa shape index (κ1) is 17.7. The highest BCUT2D eigenvalue weighted by atomic mass is 32.2. The van der Waals surface area contributed by atoms with Gasteiger partial charge in [0, 0.05) is 11.8 Å². The minimum atomic E-state index is -3.75. The van der Waals surface area contributed by atoms with E-state index in [1.54, 1.807) is 24.3 Å². The van der Waals surface area contributed by atoms with Crippen LogP contribution < -0.4 is 14.8 Å². The molecular weight excluding hydrogens is 334 g/mol. The maximum absolute atomic E-state index is 11.8. The zero-order valence-electron chi connectivity index (χ0n) is 13.1. The van der Waals surface area contributed by atoms with Gasteiger partial charge in [-0.25, -0.2) is 13.1 Å². The van der Waals surface area contributed by atoms with E-state index < -0.39 is 14.9 Å². The lowest BCUT2D eigenvalue weighted by Gasteiger charge is -2.10. The van der Waals surface area contributed by atoms with Crippen LogP contribution in [0.1, 0.15) is 6.92 Å². The van der Waals surface area contributed by atoms with Gasteiger partial charge in [-0.1, -0.05) is 0 Å². The highest BCUT2D eigenvalue weighted by Gasteiger charge is 2.20. The fraction of sp³-hybridized carbons (Fsp3) is 0.200. The average Bonchev–Trinajstić information content (AvgIpc) is 2.57. The van der Waals surface area contributed by atoms with Crippen LogP contribution in [0.4, 0.5) is 17.1 Å². The molecule has 0 atom stereocenters. The quantitative estimate of drug-likeness (QED) is 0.586. The Kier molecular flexibility index (Phi) is 5.37. The maximum Gasteiger partial charge on any atom is 0.294 e. The van der Waals surface area contributed by atoms with Crippen LogP contribution in [-0.4, -0.2) is 27.0 Å². The summed E-state index contributed by atoms with van der Waals surface area (Å²) in [5.74, 6) is 0.688. The number of ether oxygens (including phenoxy) is 1. The molecule has 0 fully saturated rings. The number of hydrogen-bond acceptors (Lipinski definition) is 6. The Balaban J connectivity index is 2.34. The molecule has 8 nitrogen and oxygen atoms in total. The zero-order chi connectivity index (χ0) is 17.7. The third-order valence-corrected chi connectivity index (χ3v) is 4.60. The first-order valence-electron chi connectivity index (χ1n) is 7.09. The number of nitrogens with one attached hydrogen (secondary N) is 2. The summed E-state index contributed by atoms with van der Waals surface area (Å²) in [5, 5.41) is 14.2. The average molecular weight is 351 g/mol. The van der Waals surface area contributed by atoms with Crippen molar-refractivity contribution >= 4 is 27.1 Å². The monoisotopic (exact) mass is 351 g/mol. The maximum atomic E-state index is 11.8. The molecule has 0 heterocycles. The number of nitro benzene ring substituents is 1. The van der Waals surface area contributed by atoms with Gasteiger partial charge in [-0.2, -0.15) is 0 Å². The Bertz CT molecular complexity index is 835. The summed E-state index contributed by atoms with van der Waals surface area (Å²) in [6, 6.07) is 10.6. The molecule has 0 saturated carbocycles. The number of anilines is 2. The second-order valence-corrected chi connectivity index (χ2v) is 6.61. The fourth-order valence-corrected chi connectivity index (χ4v) is 2.76. The highest BCUT2D eigenvalue weighted by Crippen LogP contribution is 2.30. The summed E-state index contributed by atoms with van der Waals surface area (Å²) in [5.41, 5.74) is 0.477. The van der Waals surface area contributed by atoms with Gasteiger partial charge in [-0.15, -0.1) is 0 Å². The summed E-state index contributed by atoms with van der Waals surface area (Å²) >= 11 is 0. The number of nitro groups is 1. The standard InChI is InChI=1S/C15H17N3O5S/c1-3-23-12-6-4-11(5-7-12)17-14-9-8-13(24(21,22)16-2)10-15(14)18(19)20/h4-10,16-17H,3H2,1-2H3. The third kappa shape index (κ3) is 4.00. The largest absolute Gasteiger partial charge is 0.494 e. The number of hydrogen-bond donors (Lipinski definition) is 2. The van der Waals surface area contributed by atoms with Crippen molar-refractivity contribution < 1.29 is 18.1 Å². The van der Waals surface area contributed by atoms with E-state index in [1.807, 2.05) is 6.92 Å². The predicted molar refractivity (Wildman–Crippen MR) is 90.2 cm³/mol. The second kappa shape index (κ2) is 7.28. The van der Waals surface area contributed by atoms with E-state index in [-0.39, 0.29) is 16.3 Å². The third-order valence-electron chi connectivity index (χ3n) is 3.19. The van der Waals surface area contributed by atoms with Gasteiger partial charge in [0.05, 0.1) is 16.4 Å². The molecule has 9 heteroatoms. The molecule has 2 aromatic carbocycles. The van der Waals surface area contributed by atoms with Gasteiger partial charge in [0.25, 0.3) is 5.69 Å². The van der Waals surface area contributed by atoms with E-state index in [2.05, 4.69) is 10.0 Å². The second-order valence-electron chi connectivity index (χ2n) is 4.73. The molecule has 0 unspecified atom stereocenters. The molecule has 0 spiro atoms. The number of rotatable bonds is 7. The van der Waals surface area contributed by atoms with E-state index >= 15 is 0 Å². The first-order valence-corrected chi connectivity index (χ1v) is 8.57. The minimum Gasteiger partial charge on any atom is -0.494 e. The molecule has 2 rings (SSSR count). The smallest absolute Gasteiger partial charge is 0.294 e. The summed E-state index contributed by atoms with van der Waals surface area (Å²) in [4.78, 5) is 10.4. The molecule has 128 valence electrons. The van der Waals surface area contributed by atoms with Crippen LogP contribution in [0, 0.1) is 10.1 Å². The Morgan fingerprint density at radius 2 is 1.83 bits per heavy atom. The van der Waals surface area contributed by atoms with Crippen LogP contribution >= 0.6 is 0 Å². The SMILES string of the molecule is CCOc1ccc(Nc2ccc(S(=O)(=O)NC)cc2[N+](=O)[O-])cc1. The molecule has 2 N–H and O–H groups in total. The Labute approximate surface area is 139 Å². The van der Waals surface area contributed by atoms with Crippen LogP contribution in [0.5, 0.6) is 5.75 Å². The number of nitrogens with zero attached hydrogens (tertiary/aromatic N) is 1. The fourth-order valence-electron chi connectivity index (χ4n) is 2.01. The van der Waals surface area contributed by atoms with Crippen LogP contribution in [0.3, 0.4) is 0 Å². The van der Waals surface area contributed by atoms with Crippen LogP contribution in [0.25, 0.3) is 0 Å². The molecule has 24 heavy (non-hydrogen) atoms. The van der Waals surface area contributed by atoms with Crippen molar-refractivity contribution in [2.45, 2.75) is 11.8 Å². The minimum absolute atomic E-state index is 0.172. The van der Waals surface area contributed by atoms with Crippen molar-refractivity contribution in [1.82, 2.24) is 4.72 Å². The number of benzene rings is 2. The van der Waals surface area contributed by atoms with Crippen molar-refractivity contribution in [1.29, 1.82) is 0 Å². The molecule has 0 aliphatic heterocycles. The molecule has 0 amide bonds.